The van der Waals surface area contributed by atoms with Gasteiger partial charge in [0.05, 0.1) is 12.5 Å². The molecule has 90 valence electrons. The Kier molecular flexibility index (Phi) is 3.96. The van der Waals surface area contributed by atoms with Crippen molar-refractivity contribution in [2.24, 2.45) is 0 Å². The van der Waals surface area contributed by atoms with Crippen molar-refractivity contribution < 1.29 is 4.39 Å². The monoisotopic (exact) mass is 259 g/mol. The predicted octanol–water partition coefficient (Wildman–Crippen LogP) is 4.46. The van der Waals surface area contributed by atoms with E-state index < -0.39 is 6.17 Å². The SMILES string of the molecule is N#CCc1cccc(C(F)c2ccc(Cl)cc2)c1. The van der Waals surface area contributed by atoms with Gasteiger partial charge in [-0.25, -0.2) is 4.39 Å². The van der Waals surface area contributed by atoms with E-state index in [1.54, 1.807) is 42.5 Å². The lowest BCUT2D eigenvalue weighted by molar-refractivity contribution is 0.402. The lowest BCUT2D eigenvalue weighted by Gasteiger charge is -2.10. The van der Waals surface area contributed by atoms with Crippen LogP contribution in [0, 0.1) is 11.3 Å². The van der Waals surface area contributed by atoms with Crippen molar-refractivity contribution in [3.8, 4) is 6.07 Å². The van der Waals surface area contributed by atoms with Crippen LogP contribution in [0.1, 0.15) is 22.9 Å². The number of rotatable bonds is 3. The van der Waals surface area contributed by atoms with E-state index in [2.05, 4.69) is 6.07 Å². The molecule has 0 aliphatic heterocycles. The standard InChI is InChI=1S/C15H11ClFN/c16-14-6-4-12(5-7-14)15(17)13-3-1-2-11(10-13)8-9-18/h1-7,10,15H,8H2. The van der Waals surface area contributed by atoms with E-state index >= 15 is 0 Å². The van der Waals surface area contributed by atoms with Gasteiger partial charge in [-0.2, -0.15) is 5.26 Å². The molecule has 0 spiro atoms. The van der Waals surface area contributed by atoms with Gasteiger partial charge in [-0.1, -0.05) is 48.0 Å². The molecule has 0 N–H and O–H groups in total. The first-order chi connectivity index (χ1) is 8.70. The highest BCUT2D eigenvalue weighted by molar-refractivity contribution is 6.30. The van der Waals surface area contributed by atoms with Gasteiger partial charge in [-0.05, 0) is 28.8 Å². The maximum absolute atomic E-state index is 14.3. The number of halogens is 2. The first-order valence-electron chi connectivity index (χ1n) is 5.56. The number of nitrogens with zero attached hydrogens (tertiary/aromatic N) is 1. The Morgan fingerprint density at radius 3 is 2.50 bits per heavy atom. The molecule has 2 aromatic carbocycles. The second-order valence-corrected chi connectivity index (χ2v) is 4.43. The van der Waals surface area contributed by atoms with Crippen molar-refractivity contribution in [1.29, 1.82) is 5.26 Å². The maximum Gasteiger partial charge on any atom is 0.150 e. The van der Waals surface area contributed by atoms with Gasteiger partial charge in [-0.3, -0.25) is 0 Å². The topological polar surface area (TPSA) is 23.8 Å². The fourth-order valence-electron chi connectivity index (χ4n) is 1.78. The van der Waals surface area contributed by atoms with Crippen LogP contribution in [0.25, 0.3) is 0 Å². The van der Waals surface area contributed by atoms with Gasteiger partial charge in [0.2, 0.25) is 0 Å². The normalized spacial score (nSPS) is 11.8. The highest BCUT2D eigenvalue weighted by Gasteiger charge is 2.12. The summed E-state index contributed by atoms with van der Waals surface area (Å²) >= 11 is 5.77. The van der Waals surface area contributed by atoms with Crippen molar-refractivity contribution in [2.75, 3.05) is 0 Å². The summed E-state index contributed by atoms with van der Waals surface area (Å²) in [5, 5.41) is 9.23. The molecular weight excluding hydrogens is 249 g/mol. The summed E-state index contributed by atoms with van der Waals surface area (Å²) < 4.78 is 14.3. The van der Waals surface area contributed by atoms with Crippen LogP contribution in [-0.2, 0) is 6.42 Å². The Balaban J connectivity index is 2.28. The van der Waals surface area contributed by atoms with E-state index in [0.29, 0.717) is 22.6 Å². The van der Waals surface area contributed by atoms with Gasteiger partial charge < -0.3 is 0 Å². The molecule has 18 heavy (non-hydrogen) atoms. The molecule has 0 aliphatic carbocycles. The largest absolute Gasteiger partial charge is 0.237 e. The van der Waals surface area contributed by atoms with E-state index in [1.165, 1.54) is 0 Å². The van der Waals surface area contributed by atoms with Gasteiger partial charge in [0.1, 0.15) is 0 Å². The van der Waals surface area contributed by atoms with Crippen LogP contribution >= 0.6 is 11.6 Å². The fraction of sp³-hybridized carbons (Fsp3) is 0.133. The first-order valence-corrected chi connectivity index (χ1v) is 5.94. The molecule has 0 radical (unpaired) electrons. The third-order valence-corrected chi connectivity index (χ3v) is 2.94. The molecule has 0 fully saturated rings. The minimum atomic E-state index is -1.19. The lowest BCUT2D eigenvalue weighted by atomic mass is 10.0. The minimum Gasteiger partial charge on any atom is -0.237 e. The molecule has 1 nitrogen and oxygen atoms in total. The van der Waals surface area contributed by atoms with E-state index in [4.69, 9.17) is 16.9 Å². The zero-order valence-corrected chi connectivity index (χ0v) is 10.4. The van der Waals surface area contributed by atoms with Gasteiger partial charge in [0.25, 0.3) is 0 Å². The Morgan fingerprint density at radius 1 is 1.11 bits per heavy atom. The molecule has 0 bridgehead atoms. The van der Waals surface area contributed by atoms with Crippen LogP contribution in [0.15, 0.2) is 48.5 Å². The van der Waals surface area contributed by atoms with Crippen LogP contribution in [0.4, 0.5) is 4.39 Å². The number of hydrogen-bond acceptors (Lipinski definition) is 1. The van der Waals surface area contributed by atoms with Crippen LogP contribution in [0.2, 0.25) is 5.02 Å². The average molecular weight is 260 g/mol. The average Bonchev–Trinajstić information content (AvgIpc) is 2.39. The molecule has 2 rings (SSSR count). The molecule has 1 atom stereocenters. The highest BCUT2D eigenvalue weighted by Crippen LogP contribution is 2.27. The molecule has 2 aromatic rings. The van der Waals surface area contributed by atoms with Gasteiger partial charge >= 0.3 is 0 Å². The maximum atomic E-state index is 14.3. The molecule has 3 heteroatoms. The molecule has 0 saturated heterocycles. The summed E-state index contributed by atoms with van der Waals surface area (Å²) in [5.41, 5.74) is 1.95. The summed E-state index contributed by atoms with van der Waals surface area (Å²) in [6, 6.07) is 15.8. The number of hydrogen-bond donors (Lipinski definition) is 0. The van der Waals surface area contributed by atoms with E-state index in [9.17, 15) is 4.39 Å². The van der Waals surface area contributed by atoms with Crippen molar-refractivity contribution in [2.45, 2.75) is 12.6 Å². The Labute approximate surface area is 110 Å². The van der Waals surface area contributed by atoms with Gasteiger partial charge in [0.15, 0.2) is 6.17 Å². The second-order valence-electron chi connectivity index (χ2n) is 3.99. The summed E-state index contributed by atoms with van der Waals surface area (Å²) in [7, 11) is 0. The third kappa shape index (κ3) is 2.88. The molecule has 1 unspecified atom stereocenters. The lowest BCUT2D eigenvalue weighted by Crippen LogP contribution is -1.95. The molecule has 0 heterocycles. The molecular formula is C15H11ClFN. The predicted molar refractivity (Wildman–Crippen MR) is 70.2 cm³/mol. The Morgan fingerprint density at radius 2 is 1.83 bits per heavy atom. The van der Waals surface area contributed by atoms with Crippen LogP contribution in [0.5, 0.6) is 0 Å². The molecule has 0 saturated carbocycles. The van der Waals surface area contributed by atoms with Crippen LogP contribution < -0.4 is 0 Å². The van der Waals surface area contributed by atoms with Crippen molar-refractivity contribution >= 4 is 11.6 Å². The summed E-state index contributed by atoms with van der Waals surface area (Å²) in [4.78, 5) is 0. The molecule has 0 amide bonds. The van der Waals surface area contributed by atoms with E-state index in [0.717, 1.165) is 5.56 Å². The quantitative estimate of drug-likeness (QED) is 0.798. The van der Waals surface area contributed by atoms with Crippen LogP contribution in [0.3, 0.4) is 0 Å². The summed E-state index contributed by atoms with van der Waals surface area (Å²) in [6.07, 6.45) is -0.901. The number of benzene rings is 2. The van der Waals surface area contributed by atoms with E-state index in [1.807, 2.05) is 6.07 Å². The van der Waals surface area contributed by atoms with Crippen molar-refractivity contribution in [1.82, 2.24) is 0 Å². The van der Waals surface area contributed by atoms with Crippen molar-refractivity contribution in [3.05, 3.63) is 70.2 Å². The number of nitriles is 1. The number of alkyl halides is 1. The van der Waals surface area contributed by atoms with Gasteiger partial charge in [0, 0.05) is 5.02 Å². The third-order valence-electron chi connectivity index (χ3n) is 2.69. The molecule has 0 aliphatic rings. The summed E-state index contributed by atoms with van der Waals surface area (Å²) in [5.74, 6) is 0. The second kappa shape index (κ2) is 5.66. The van der Waals surface area contributed by atoms with Crippen molar-refractivity contribution in [3.63, 3.8) is 0 Å². The molecule has 0 aromatic heterocycles. The minimum absolute atomic E-state index is 0.293. The van der Waals surface area contributed by atoms with Crippen LogP contribution in [-0.4, -0.2) is 0 Å². The fourth-order valence-corrected chi connectivity index (χ4v) is 1.90. The summed E-state index contributed by atoms with van der Waals surface area (Å²) in [6.45, 7) is 0. The zero-order chi connectivity index (χ0) is 13.0. The van der Waals surface area contributed by atoms with Gasteiger partial charge in [-0.15, -0.1) is 0 Å². The Hall–Kier alpha value is -1.85. The Bertz CT molecular complexity index is 572. The first kappa shape index (κ1) is 12.6. The zero-order valence-electron chi connectivity index (χ0n) is 9.61. The smallest absolute Gasteiger partial charge is 0.150 e. The highest BCUT2D eigenvalue weighted by atomic mass is 35.5. The van der Waals surface area contributed by atoms with E-state index in [-0.39, 0.29) is 0 Å².